The zero-order valence-electron chi connectivity index (χ0n) is 20.9. The van der Waals surface area contributed by atoms with E-state index in [1.54, 1.807) is 12.1 Å². The first-order valence-electron chi connectivity index (χ1n) is 12.2. The van der Waals surface area contributed by atoms with Crippen LogP contribution in [0.5, 0.6) is 5.75 Å². The summed E-state index contributed by atoms with van der Waals surface area (Å²) in [4.78, 5) is 37.0. The molecule has 1 amide bonds. The number of pyridine rings is 1. The fourth-order valence-corrected chi connectivity index (χ4v) is 5.72. The average Bonchev–Trinajstić information content (AvgIpc) is 3.43. The minimum atomic E-state index is -0.847. The number of fused-ring (bicyclic) bond motifs is 1. The summed E-state index contributed by atoms with van der Waals surface area (Å²) in [5.74, 6) is -1.02. The third-order valence-corrected chi connectivity index (χ3v) is 7.39. The van der Waals surface area contributed by atoms with Crippen LogP contribution < -0.4 is 9.64 Å². The summed E-state index contributed by atoms with van der Waals surface area (Å²) in [6, 6.07) is 13.7. The van der Waals surface area contributed by atoms with Gasteiger partial charge < -0.3 is 9.84 Å². The molecule has 0 saturated carbocycles. The molecule has 1 aliphatic heterocycles. The van der Waals surface area contributed by atoms with Gasteiger partial charge in [-0.05, 0) is 67.3 Å². The summed E-state index contributed by atoms with van der Waals surface area (Å²) in [5, 5.41) is 11.6. The van der Waals surface area contributed by atoms with E-state index in [1.165, 1.54) is 28.6 Å². The van der Waals surface area contributed by atoms with Gasteiger partial charge in [0.15, 0.2) is 5.13 Å². The summed E-state index contributed by atoms with van der Waals surface area (Å²) in [7, 11) is 0. The van der Waals surface area contributed by atoms with Crippen LogP contribution in [0.3, 0.4) is 0 Å². The fraction of sp³-hybridized carbons (Fsp3) is 0.241. The Balaban J connectivity index is 1.65. The third-order valence-electron chi connectivity index (χ3n) is 6.39. The number of carbonyl (C=O) groups is 2. The maximum absolute atomic E-state index is 13.5. The van der Waals surface area contributed by atoms with Crippen molar-refractivity contribution >= 4 is 44.1 Å². The lowest BCUT2D eigenvalue weighted by Crippen LogP contribution is -2.29. The molecule has 0 bridgehead atoms. The summed E-state index contributed by atoms with van der Waals surface area (Å²) < 4.78 is 6.73. The Kier molecular flexibility index (Phi) is 6.76. The summed E-state index contributed by atoms with van der Waals surface area (Å²) in [6.45, 7) is 6.70. The molecule has 1 atom stereocenters. The van der Waals surface area contributed by atoms with Crippen LogP contribution in [0.4, 0.5) is 5.13 Å². The minimum Gasteiger partial charge on any atom is -0.507 e. The maximum atomic E-state index is 13.5. The van der Waals surface area contributed by atoms with E-state index in [4.69, 9.17) is 9.72 Å². The molecule has 8 heteroatoms. The molecule has 4 aromatic rings. The molecule has 1 aliphatic rings. The maximum Gasteiger partial charge on any atom is 0.301 e. The number of unbranched alkanes of at least 4 members (excludes halogenated alkanes) is 1. The van der Waals surface area contributed by atoms with Gasteiger partial charge in [0.2, 0.25) is 0 Å². The number of nitrogens with zero attached hydrogens (tertiary/aromatic N) is 3. The van der Waals surface area contributed by atoms with E-state index in [0.29, 0.717) is 28.6 Å². The molecule has 1 fully saturated rings. The molecule has 2 aromatic carbocycles. The van der Waals surface area contributed by atoms with Crippen LogP contribution in [0.1, 0.15) is 48.1 Å². The van der Waals surface area contributed by atoms with Gasteiger partial charge in [-0.1, -0.05) is 42.9 Å². The van der Waals surface area contributed by atoms with E-state index in [-0.39, 0.29) is 11.3 Å². The Hall–Kier alpha value is -4.04. The largest absolute Gasteiger partial charge is 0.507 e. The predicted octanol–water partition coefficient (Wildman–Crippen LogP) is 6.11. The van der Waals surface area contributed by atoms with E-state index in [9.17, 15) is 14.7 Å². The lowest BCUT2D eigenvalue weighted by atomic mass is 9.95. The van der Waals surface area contributed by atoms with Crippen LogP contribution in [0.2, 0.25) is 0 Å². The van der Waals surface area contributed by atoms with Crippen molar-refractivity contribution in [3.63, 3.8) is 0 Å². The van der Waals surface area contributed by atoms with Gasteiger partial charge in [-0.15, -0.1) is 0 Å². The van der Waals surface area contributed by atoms with Crippen LogP contribution in [0.25, 0.3) is 16.0 Å². The number of benzene rings is 2. The Labute approximate surface area is 219 Å². The first-order valence-corrected chi connectivity index (χ1v) is 13.0. The third kappa shape index (κ3) is 4.60. The number of aliphatic hydroxyl groups is 1. The SMILES string of the molecule is CCCCOc1ccc(C2C(=C(O)c3ccncc3)C(=O)C(=O)N2c2nc3c(C)cc(C)cc3s2)cc1. The molecule has 3 heterocycles. The van der Waals surface area contributed by atoms with Crippen LogP contribution in [0.15, 0.2) is 66.5 Å². The lowest BCUT2D eigenvalue weighted by molar-refractivity contribution is -0.132. The highest BCUT2D eigenvalue weighted by atomic mass is 32.1. The molecular formula is C29H27N3O4S. The highest BCUT2D eigenvalue weighted by Gasteiger charge is 2.48. The van der Waals surface area contributed by atoms with Crippen LogP contribution in [0, 0.1) is 13.8 Å². The second-order valence-corrected chi connectivity index (χ2v) is 10.1. The van der Waals surface area contributed by atoms with E-state index < -0.39 is 17.7 Å². The number of aryl methyl sites for hydroxylation is 2. The number of ketones is 1. The number of Topliss-reactive ketones (excluding diaryl/α,β-unsaturated/α-hetero) is 1. The molecule has 0 aliphatic carbocycles. The number of anilines is 1. The zero-order chi connectivity index (χ0) is 26.1. The van der Waals surface area contributed by atoms with Crippen molar-refractivity contribution in [3.8, 4) is 5.75 Å². The second kappa shape index (κ2) is 10.1. The van der Waals surface area contributed by atoms with Crippen LogP contribution in [-0.4, -0.2) is 33.4 Å². The van der Waals surface area contributed by atoms with Crippen molar-refractivity contribution in [1.29, 1.82) is 0 Å². The van der Waals surface area contributed by atoms with Gasteiger partial charge in [0.25, 0.3) is 5.78 Å². The summed E-state index contributed by atoms with van der Waals surface area (Å²) in [6.07, 6.45) is 5.04. The molecule has 5 rings (SSSR count). The molecule has 37 heavy (non-hydrogen) atoms. The Morgan fingerprint density at radius 1 is 1.08 bits per heavy atom. The van der Waals surface area contributed by atoms with Crippen molar-refractivity contribution in [2.24, 2.45) is 0 Å². The average molecular weight is 514 g/mol. The molecule has 1 saturated heterocycles. The van der Waals surface area contributed by atoms with Crippen molar-refractivity contribution in [1.82, 2.24) is 9.97 Å². The van der Waals surface area contributed by atoms with E-state index >= 15 is 0 Å². The number of carbonyl (C=O) groups excluding carboxylic acids is 2. The fourth-order valence-electron chi connectivity index (χ4n) is 4.55. The topological polar surface area (TPSA) is 92.6 Å². The molecule has 0 spiro atoms. The second-order valence-electron chi connectivity index (χ2n) is 9.10. The Bertz CT molecular complexity index is 1510. The molecule has 7 nitrogen and oxygen atoms in total. The number of thiazole rings is 1. The van der Waals surface area contributed by atoms with Gasteiger partial charge in [0.1, 0.15) is 11.5 Å². The first-order chi connectivity index (χ1) is 17.9. The van der Waals surface area contributed by atoms with Crippen molar-refractivity contribution < 1.29 is 19.4 Å². The first kappa shape index (κ1) is 24.6. The number of rotatable bonds is 7. The van der Waals surface area contributed by atoms with Gasteiger partial charge in [0, 0.05) is 18.0 Å². The molecule has 2 aromatic heterocycles. The highest BCUT2D eigenvalue weighted by molar-refractivity contribution is 7.22. The Morgan fingerprint density at radius 2 is 1.81 bits per heavy atom. The Morgan fingerprint density at radius 3 is 2.51 bits per heavy atom. The zero-order valence-corrected chi connectivity index (χ0v) is 21.7. The normalized spacial score (nSPS) is 17.1. The van der Waals surface area contributed by atoms with Crippen LogP contribution >= 0.6 is 11.3 Å². The smallest absolute Gasteiger partial charge is 0.301 e. The van der Waals surface area contributed by atoms with E-state index in [1.807, 2.05) is 50.2 Å². The van der Waals surface area contributed by atoms with Crippen molar-refractivity contribution in [3.05, 3.63) is 88.8 Å². The monoisotopic (exact) mass is 513 g/mol. The van der Waals surface area contributed by atoms with E-state index in [0.717, 1.165) is 34.2 Å². The number of hydrogen-bond donors (Lipinski definition) is 1. The number of aromatic nitrogens is 2. The van der Waals surface area contributed by atoms with Gasteiger partial charge in [0.05, 0.1) is 28.4 Å². The van der Waals surface area contributed by atoms with Gasteiger partial charge >= 0.3 is 5.91 Å². The molecule has 0 radical (unpaired) electrons. The summed E-state index contributed by atoms with van der Waals surface area (Å²) >= 11 is 1.36. The standard InChI is InChI=1S/C29H27N3O4S/c1-4-5-14-36-21-8-6-19(7-9-21)25-23(26(33)20-10-12-30-13-11-20)27(34)28(35)32(25)29-31-24-18(3)15-17(2)16-22(24)37-29/h6-13,15-16,25,33H,4-5,14H2,1-3H3. The predicted molar refractivity (Wildman–Crippen MR) is 145 cm³/mol. The molecule has 188 valence electrons. The van der Waals surface area contributed by atoms with Crippen molar-refractivity contribution in [2.45, 2.75) is 39.7 Å². The van der Waals surface area contributed by atoms with Gasteiger partial charge in [-0.25, -0.2) is 4.98 Å². The summed E-state index contributed by atoms with van der Waals surface area (Å²) in [5.41, 5.74) is 3.98. The van der Waals surface area contributed by atoms with E-state index in [2.05, 4.69) is 11.9 Å². The number of aliphatic hydroxyl groups excluding tert-OH is 1. The molecular weight excluding hydrogens is 486 g/mol. The highest BCUT2D eigenvalue weighted by Crippen LogP contribution is 2.45. The number of ether oxygens (including phenoxy) is 1. The van der Waals surface area contributed by atoms with Gasteiger partial charge in [-0.3, -0.25) is 19.5 Å². The van der Waals surface area contributed by atoms with Gasteiger partial charge in [-0.2, -0.15) is 0 Å². The minimum absolute atomic E-state index is 0.0167. The molecule has 1 N–H and O–H groups in total. The van der Waals surface area contributed by atoms with Crippen molar-refractivity contribution in [2.75, 3.05) is 11.5 Å². The van der Waals surface area contributed by atoms with Crippen LogP contribution in [-0.2, 0) is 9.59 Å². The number of hydrogen-bond acceptors (Lipinski definition) is 7. The number of amides is 1. The quantitative estimate of drug-likeness (QED) is 0.139. The molecule has 1 unspecified atom stereocenters. The lowest BCUT2D eigenvalue weighted by Gasteiger charge is -2.23.